The fraction of sp³-hybridized carbons (Fsp3) is 0.0714. The van der Waals surface area contributed by atoms with Gasteiger partial charge in [0.25, 0.3) is 5.91 Å². The number of hydrogen-bond donors (Lipinski definition) is 1. The normalized spacial score (nSPS) is 11.2. The molecular weight excluding hydrogens is 245 g/mol. The Kier molecular flexibility index (Phi) is 3.97. The van der Waals surface area contributed by atoms with Gasteiger partial charge in [0.05, 0.1) is 5.71 Å². The molecule has 1 aromatic carbocycles. The second kappa shape index (κ2) is 5.86. The molecule has 0 atom stereocenters. The maximum Gasteiger partial charge on any atom is 0.271 e. The summed E-state index contributed by atoms with van der Waals surface area (Å²) in [7, 11) is 0. The lowest BCUT2D eigenvalue weighted by Crippen LogP contribution is -2.19. The fourth-order valence-electron chi connectivity index (χ4n) is 1.46. The topological polar surface area (TPSA) is 54.4 Å². The number of halogens is 1. The molecule has 1 N–H and O–H groups in total. The lowest BCUT2D eigenvalue weighted by Gasteiger charge is -2.02. The average Bonchev–Trinajstić information content (AvgIpc) is 2.46. The third-order valence-electron chi connectivity index (χ3n) is 2.53. The molecule has 0 fully saturated rings. The first-order chi connectivity index (χ1) is 9.16. The first kappa shape index (κ1) is 12.9. The molecule has 1 heterocycles. The summed E-state index contributed by atoms with van der Waals surface area (Å²) in [5.41, 5.74) is 4.26. The summed E-state index contributed by atoms with van der Waals surface area (Å²) in [6.45, 7) is 1.74. The van der Waals surface area contributed by atoms with Crippen molar-refractivity contribution in [3.63, 3.8) is 0 Å². The van der Waals surface area contributed by atoms with Crippen molar-refractivity contribution in [2.45, 2.75) is 6.92 Å². The van der Waals surface area contributed by atoms with Crippen LogP contribution in [0.15, 0.2) is 53.9 Å². The molecule has 0 aliphatic heterocycles. The van der Waals surface area contributed by atoms with Crippen molar-refractivity contribution < 1.29 is 9.18 Å². The Bertz CT molecular complexity index is 594. The second-order valence-electron chi connectivity index (χ2n) is 3.88. The highest BCUT2D eigenvalue weighted by Gasteiger charge is 2.04. The molecule has 0 spiro atoms. The molecular formula is C14H12FN3O. The minimum Gasteiger partial charge on any atom is -0.267 e. The molecule has 0 radical (unpaired) electrons. The molecule has 1 amide bonds. The van der Waals surface area contributed by atoms with Gasteiger partial charge >= 0.3 is 0 Å². The van der Waals surface area contributed by atoms with Gasteiger partial charge in [0.1, 0.15) is 5.82 Å². The maximum absolute atomic E-state index is 12.8. The molecule has 5 heteroatoms. The van der Waals surface area contributed by atoms with Gasteiger partial charge in [0.15, 0.2) is 0 Å². The molecule has 2 rings (SSSR count). The number of hydrazone groups is 1. The van der Waals surface area contributed by atoms with E-state index in [1.165, 1.54) is 24.5 Å². The quantitative estimate of drug-likeness (QED) is 0.678. The van der Waals surface area contributed by atoms with Crippen LogP contribution in [-0.4, -0.2) is 16.6 Å². The third-order valence-corrected chi connectivity index (χ3v) is 2.53. The highest BCUT2D eigenvalue weighted by atomic mass is 19.1. The Morgan fingerprint density at radius 3 is 2.37 bits per heavy atom. The predicted molar refractivity (Wildman–Crippen MR) is 70.3 cm³/mol. The van der Waals surface area contributed by atoms with Crippen LogP contribution in [0.3, 0.4) is 0 Å². The van der Waals surface area contributed by atoms with Crippen LogP contribution in [0.25, 0.3) is 0 Å². The van der Waals surface area contributed by atoms with Crippen molar-refractivity contribution in [2.24, 2.45) is 5.10 Å². The van der Waals surface area contributed by atoms with Crippen molar-refractivity contribution in [3.05, 3.63) is 65.7 Å². The van der Waals surface area contributed by atoms with Gasteiger partial charge in [0, 0.05) is 18.0 Å². The van der Waals surface area contributed by atoms with Gasteiger partial charge in [-0.15, -0.1) is 0 Å². The number of nitrogens with one attached hydrogen (secondary N) is 1. The van der Waals surface area contributed by atoms with Crippen LogP contribution in [0.4, 0.5) is 4.39 Å². The predicted octanol–water partition coefficient (Wildman–Crippen LogP) is 2.37. The summed E-state index contributed by atoms with van der Waals surface area (Å²) in [5.74, 6) is -0.624. The van der Waals surface area contributed by atoms with E-state index in [-0.39, 0.29) is 11.7 Å². The Labute approximate surface area is 110 Å². The van der Waals surface area contributed by atoms with E-state index < -0.39 is 0 Å². The Morgan fingerprint density at radius 2 is 1.74 bits per heavy atom. The van der Waals surface area contributed by atoms with Crippen LogP contribution in [0, 0.1) is 5.82 Å². The number of nitrogens with zero attached hydrogens (tertiary/aromatic N) is 2. The van der Waals surface area contributed by atoms with Crippen LogP contribution in [0.5, 0.6) is 0 Å². The number of amides is 1. The summed E-state index contributed by atoms with van der Waals surface area (Å²) < 4.78 is 12.8. The van der Waals surface area contributed by atoms with Crippen LogP contribution in [0.2, 0.25) is 0 Å². The molecule has 0 saturated heterocycles. The van der Waals surface area contributed by atoms with Crippen molar-refractivity contribution in [1.82, 2.24) is 10.4 Å². The number of rotatable bonds is 3. The van der Waals surface area contributed by atoms with Crippen molar-refractivity contribution in [3.8, 4) is 0 Å². The fourth-order valence-corrected chi connectivity index (χ4v) is 1.46. The molecule has 2 aromatic rings. The van der Waals surface area contributed by atoms with Gasteiger partial charge in [0.2, 0.25) is 0 Å². The number of benzene rings is 1. The van der Waals surface area contributed by atoms with Crippen molar-refractivity contribution in [1.29, 1.82) is 0 Å². The molecule has 4 nitrogen and oxygen atoms in total. The van der Waals surface area contributed by atoms with E-state index in [2.05, 4.69) is 15.5 Å². The summed E-state index contributed by atoms with van der Waals surface area (Å²) in [6.07, 6.45) is 3.07. The number of aromatic nitrogens is 1. The molecule has 0 saturated carbocycles. The Morgan fingerprint density at radius 1 is 1.11 bits per heavy atom. The monoisotopic (exact) mass is 257 g/mol. The van der Waals surface area contributed by atoms with Crippen molar-refractivity contribution >= 4 is 11.6 Å². The summed E-state index contributed by atoms with van der Waals surface area (Å²) >= 11 is 0. The zero-order valence-electron chi connectivity index (χ0n) is 10.3. The first-order valence-corrected chi connectivity index (χ1v) is 5.67. The average molecular weight is 257 g/mol. The number of carbonyl (C=O) groups excluding carboxylic acids is 1. The Balaban J connectivity index is 2.06. The highest BCUT2D eigenvalue weighted by molar-refractivity contribution is 6.00. The minimum atomic E-state index is -0.316. The first-order valence-electron chi connectivity index (χ1n) is 5.67. The van der Waals surface area contributed by atoms with Crippen LogP contribution >= 0.6 is 0 Å². The molecule has 1 aromatic heterocycles. The van der Waals surface area contributed by atoms with Gasteiger partial charge < -0.3 is 0 Å². The number of pyridine rings is 1. The molecule has 19 heavy (non-hydrogen) atoms. The zero-order chi connectivity index (χ0) is 13.7. The summed E-state index contributed by atoms with van der Waals surface area (Å²) in [5, 5.41) is 3.97. The lowest BCUT2D eigenvalue weighted by atomic mass is 10.1. The highest BCUT2D eigenvalue weighted by Crippen LogP contribution is 2.04. The lowest BCUT2D eigenvalue weighted by molar-refractivity contribution is 0.0954. The van der Waals surface area contributed by atoms with Crippen molar-refractivity contribution in [2.75, 3.05) is 0 Å². The van der Waals surface area contributed by atoms with E-state index >= 15 is 0 Å². The van der Waals surface area contributed by atoms with E-state index in [1.807, 2.05) is 0 Å². The SMILES string of the molecule is C/C(=N\NC(=O)c1ccncc1)c1ccc(F)cc1. The van der Waals surface area contributed by atoms with Gasteiger partial charge in [-0.1, -0.05) is 12.1 Å². The molecule has 0 bridgehead atoms. The van der Waals surface area contributed by atoms with Crippen LogP contribution < -0.4 is 5.43 Å². The minimum absolute atomic E-state index is 0.308. The number of carbonyl (C=O) groups is 1. The standard InChI is InChI=1S/C14H12FN3O/c1-10(11-2-4-13(15)5-3-11)17-18-14(19)12-6-8-16-9-7-12/h2-9H,1H3,(H,18,19)/b17-10+. The van der Waals surface area contributed by atoms with Gasteiger partial charge in [-0.2, -0.15) is 5.10 Å². The molecule has 96 valence electrons. The number of hydrogen-bond acceptors (Lipinski definition) is 3. The van der Waals surface area contributed by atoms with E-state index in [1.54, 1.807) is 31.2 Å². The van der Waals surface area contributed by atoms with Crippen LogP contribution in [-0.2, 0) is 0 Å². The van der Waals surface area contributed by atoms with E-state index in [4.69, 9.17) is 0 Å². The smallest absolute Gasteiger partial charge is 0.267 e. The van der Waals surface area contributed by atoms with Gasteiger partial charge in [-0.25, -0.2) is 9.82 Å². The molecule has 0 unspecified atom stereocenters. The van der Waals surface area contributed by atoms with E-state index in [0.717, 1.165) is 5.56 Å². The molecule has 0 aliphatic carbocycles. The third kappa shape index (κ3) is 3.45. The Hall–Kier alpha value is -2.56. The van der Waals surface area contributed by atoms with Crippen LogP contribution in [0.1, 0.15) is 22.8 Å². The van der Waals surface area contributed by atoms with E-state index in [0.29, 0.717) is 11.3 Å². The molecule has 0 aliphatic rings. The maximum atomic E-state index is 12.8. The second-order valence-corrected chi connectivity index (χ2v) is 3.88. The van der Waals surface area contributed by atoms with E-state index in [9.17, 15) is 9.18 Å². The van der Waals surface area contributed by atoms with Gasteiger partial charge in [-0.05, 0) is 36.8 Å². The largest absolute Gasteiger partial charge is 0.271 e. The van der Waals surface area contributed by atoms with Gasteiger partial charge in [-0.3, -0.25) is 9.78 Å². The summed E-state index contributed by atoms with van der Waals surface area (Å²) in [4.78, 5) is 15.6. The zero-order valence-corrected chi connectivity index (χ0v) is 10.3. The summed E-state index contributed by atoms with van der Waals surface area (Å²) in [6, 6.07) is 9.09.